The summed E-state index contributed by atoms with van der Waals surface area (Å²) in [6.07, 6.45) is -0.134. The van der Waals surface area contributed by atoms with Gasteiger partial charge in [0.1, 0.15) is 6.10 Å². The maximum Gasteiger partial charge on any atom is 0.200 e. The highest BCUT2D eigenvalue weighted by atomic mass is 19.2. The first-order valence-electron chi connectivity index (χ1n) is 3.87. The molecule has 13 heavy (non-hydrogen) atoms. The summed E-state index contributed by atoms with van der Waals surface area (Å²) in [6, 6.07) is 2.56. The zero-order valence-electron chi connectivity index (χ0n) is 7.01. The van der Waals surface area contributed by atoms with E-state index in [9.17, 15) is 8.78 Å². The van der Waals surface area contributed by atoms with Crippen LogP contribution >= 0.6 is 0 Å². The van der Waals surface area contributed by atoms with E-state index in [0.717, 1.165) is 6.07 Å². The Bertz CT molecular complexity index is 335. The van der Waals surface area contributed by atoms with Crippen LogP contribution in [0.4, 0.5) is 8.78 Å². The summed E-state index contributed by atoms with van der Waals surface area (Å²) in [5.41, 5.74) is 0.571. The molecule has 1 aliphatic rings. The highest BCUT2D eigenvalue weighted by Crippen LogP contribution is 2.38. The van der Waals surface area contributed by atoms with Gasteiger partial charge in [0, 0.05) is 5.56 Å². The van der Waals surface area contributed by atoms with Crippen molar-refractivity contribution in [1.29, 1.82) is 0 Å². The van der Waals surface area contributed by atoms with E-state index in [2.05, 4.69) is 0 Å². The predicted octanol–water partition coefficient (Wildman–Crippen LogP) is 2.04. The first-order valence-corrected chi connectivity index (χ1v) is 3.87. The standard InChI is InChI=1S/C9H8F2O2/c1-12-9-5(7-4-13-7)2-3-6(10)8(9)11/h2-3,7H,4H2,1H3/t7-/m0/s1. The zero-order chi connectivity index (χ0) is 9.42. The Morgan fingerprint density at radius 1 is 1.46 bits per heavy atom. The molecule has 1 heterocycles. The van der Waals surface area contributed by atoms with E-state index in [-0.39, 0.29) is 11.9 Å². The quantitative estimate of drug-likeness (QED) is 0.659. The molecule has 0 radical (unpaired) electrons. The molecule has 0 N–H and O–H groups in total. The molecule has 2 nitrogen and oxygen atoms in total. The lowest BCUT2D eigenvalue weighted by atomic mass is 10.1. The Morgan fingerprint density at radius 3 is 2.69 bits per heavy atom. The molecule has 70 valence electrons. The molecule has 0 amide bonds. The number of ether oxygens (including phenoxy) is 2. The largest absolute Gasteiger partial charge is 0.493 e. The van der Waals surface area contributed by atoms with Crippen molar-refractivity contribution in [2.75, 3.05) is 13.7 Å². The van der Waals surface area contributed by atoms with Crippen LogP contribution in [0, 0.1) is 11.6 Å². The van der Waals surface area contributed by atoms with Crippen LogP contribution < -0.4 is 4.74 Å². The maximum atomic E-state index is 13.1. The number of halogens is 2. The summed E-state index contributed by atoms with van der Waals surface area (Å²) in [7, 11) is 1.31. The first kappa shape index (κ1) is 8.44. The van der Waals surface area contributed by atoms with Crippen LogP contribution in [0.2, 0.25) is 0 Å². The molecule has 1 aliphatic heterocycles. The fraction of sp³-hybridized carbons (Fsp3) is 0.333. The minimum Gasteiger partial charge on any atom is -0.493 e. The van der Waals surface area contributed by atoms with Crippen LogP contribution in [-0.4, -0.2) is 13.7 Å². The van der Waals surface area contributed by atoms with Crippen molar-refractivity contribution in [2.24, 2.45) is 0 Å². The average Bonchev–Trinajstić information content (AvgIpc) is 2.92. The number of epoxide rings is 1. The molecule has 1 aromatic carbocycles. The molecule has 0 bridgehead atoms. The Kier molecular flexibility index (Phi) is 1.92. The van der Waals surface area contributed by atoms with Crippen LogP contribution in [0.1, 0.15) is 11.7 Å². The molecule has 1 fully saturated rings. The molecule has 0 aliphatic carbocycles. The second kappa shape index (κ2) is 2.96. The van der Waals surface area contributed by atoms with E-state index >= 15 is 0 Å². The van der Waals surface area contributed by atoms with E-state index in [0.29, 0.717) is 12.2 Å². The van der Waals surface area contributed by atoms with E-state index in [1.165, 1.54) is 13.2 Å². The Balaban J connectivity index is 2.49. The Hall–Kier alpha value is -1.16. The zero-order valence-corrected chi connectivity index (χ0v) is 7.01. The van der Waals surface area contributed by atoms with E-state index < -0.39 is 11.6 Å². The highest BCUT2D eigenvalue weighted by molar-refractivity contribution is 5.38. The van der Waals surface area contributed by atoms with E-state index in [1.807, 2.05) is 0 Å². The molecular formula is C9H8F2O2. The SMILES string of the molecule is COc1c([C@@H]2CO2)ccc(F)c1F. The average molecular weight is 186 g/mol. The van der Waals surface area contributed by atoms with Crippen molar-refractivity contribution < 1.29 is 18.3 Å². The third kappa shape index (κ3) is 1.37. The molecule has 1 atom stereocenters. The molecule has 1 aromatic rings. The van der Waals surface area contributed by atoms with Gasteiger partial charge in [-0.3, -0.25) is 0 Å². The predicted molar refractivity (Wildman–Crippen MR) is 41.6 cm³/mol. The third-order valence-electron chi connectivity index (χ3n) is 1.96. The van der Waals surface area contributed by atoms with Gasteiger partial charge in [-0.15, -0.1) is 0 Å². The maximum absolute atomic E-state index is 13.1. The minimum atomic E-state index is -0.949. The van der Waals surface area contributed by atoms with Crippen molar-refractivity contribution in [3.05, 3.63) is 29.3 Å². The third-order valence-corrected chi connectivity index (χ3v) is 1.96. The van der Waals surface area contributed by atoms with Crippen LogP contribution in [-0.2, 0) is 4.74 Å². The van der Waals surface area contributed by atoms with Crippen molar-refractivity contribution in [2.45, 2.75) is 6.10 Å². The van der Waals surface area contributed by atoms with Gasteiger partial charge in [0.25, 0.3) is 0 Å². The van der Waals surface area contributed by atoms with Gasteiger partial charge in [-0.25, -0.2) is 4.39 Å². The molecule has 0 saturated carbocycles. The monoisotopic (exact) mass is 186 g/mol. The summed E-state index contributed by atoms with van der Waals surface area (Å²) in [4.78, 5) is 0. The fourth-order valence-corrected chi connectivity index (χ4v) is 1.24. The smallest absolute Gasteiger partial charge is 0.200 e. The van der Waals surface area contributed by atoms with Gasteiger partial charge >= 0.3 is 0 Å². The number of hydrogen-bond acceptors (Lipinski definition) is 2. The van der Waals surface area contributed by atoms with Gasteiger partial charge in [0.15, 0.2) is 11.6 Å². The minimum absolute atomic E-state index is 0.0532. The number of hydrogen-bond donors (Lipinski definition) is 0. The van der Waals surface area contributed by atoms with Crippen LogP contribution in [0.3, 0.4) is 0 Å². The van der Waals surface area contributed by atoms with Crippen LogP contribution in [0.5, 0.6) is 5.75 Å². The number of benzene rings is 1. The van der Waals surface area contributed by atoms with Gasteiger partial charge in [-0.1, -0.05) is 0 Å². The van der Waals surface area contributed by atoms with Crippen molar-refractivity contribution >= 4 is 0 Å². The van der Waals surface area contributed by atoms with Crippen molar-refractivity contribution in [3.8, 4) is 5.75 Å². The van der Waals surface area contributed by atoms with Crippen LogP contribution in [0.25, 0.3) is 0 Å². The van der Waals surface area contributed by atoms with Crippen molar-refractivity contribution in [3.63, 3.8) is 0 Å². The summed E-state index contributed by atoms with van der Waals surface area (Å²) in [5, 5.41) is 0. The lowest BCUT2D eigenvalue weighted by Crippen LogP contribution is -1.97. The van der Waals surface area contributed by atoms with Gasteiger partial charge < -0.3 is 9.47 Å². The van der Waals surface area contributed by atoms with Gasteiger partial charge in [0.2, 0.25) is 5.82 Å². The number of rotatable bonds is 2. The summed E-state index contributed by atoms with van der Waals surface area (Å²) < 4.78 is 35.6. The summed E-state index contributed by atoms with van der Waals surface area (Å²) in [5.74, 6) is -1.90. The van der Waals surface area contributed by atoms with Gasteiger partial charge in [-0.05, 0) is 12.1 Å². The molecule has 1 saturated heterocycles. The number of methoxy groups -OCH3 is 1. The summed E-state index contributed by atoms with van der Waals surface area (Å²) in [6.45, 7) is 0.543. The van der Waals surface area contributed by atoms with Crippen LogP contribution in [0.15, 0.2) is 12.1 Å². The van der Waals surface area contributed by atoms with E-state index in [4.69, 9.17) is 9.47 Å². The second-order valence-corrected chi connectivity index (χ2v) is 2.81. The Labute approximate surface area is 74.1 Å². The normalized spacial score (nSPS) is 20.1. The molecule has 0 aromatic heterocycles. The lowest BCUT2D eigenvalue weighted by molar-refractivity contribution is 0.353. The first-order chi connectivity index (χ1) is 6.24. The topological polar surface area (TPSA) is 21.8 Å². The summed E-state index contributed by atoms with van der Waals surface area (Å²) >= 11 is 0. The van der Waals surface area contributed by atoms with Gasteiger partial charge in [0.05, 0.1) is 13.7 Å². The lowest BCUT2D eigenvalue weighted by Gasteiger charge is -2.07. The Morgan fingerprint density at radius 2 is 2.15 bits per heavy atom. The molecule has 4 heteroatoms. The molecular weight excluding hydrogens is 178 g/mol. The molecule has 2 rings (SSSR count). The highest BCUT2D eigenvalue weighted by Gasteiger charge is 2.30. The fourth-order valence-electron chi connectivity index (χ4n) is 1.24. The van der Waals surface area contributed by atoms with Crippen molar-refractivity contribution in [1.82, 2.24) is 0 Å². The van der Waals surface area contributed by atoms with E-state index in [1.54, 1.807) is 0 Å². The molecule has 0 unspecified atom stereocenters. The second-order valence-electron chi connectivity index (χ2n) is 2.81. The molecule has 0 spiro atoms. The van der Waals surface area contributed by atoms with Gasteiger partial charge in [-0.2, -0.15) is 4.39 Å².